The van der Waals surface area contributed by atoms with Crippen LogP contribution in [-0.2, 0) is 18.4 Å². The topological polar surface area (TPSA) is 50.6 Å². The fraction of sp³-hybridized carbons (Fsp3) is 0.333. The third kappa shape index (κ3) is 3.48. The first-order valence-corrected chi connectivity index (χ1v) is 10.5. The van der Waals surface area contributed by atoms with E-state index in [1.54, 1.807) is 0 Å². The minimum Gasteiger partial charge on any atom is -0.484 e. The van der Waals surface area contributed by atoms with Gasteiger partial charge in [0.1, 0.15) is 11.4 Å². The zero-order valence-electron chi connectivity index (χ0n) is 17.2. The molecule has 0 radical (unpaired) electrons. The second-order valence-electron chi connectivity index (χ2n) is 8.22. The fourth-order valence-corrected chi connectivity index (χ4v) is 4.53. The van der Waals surface area contributed by atoms with Crippen LogP contribution in [0.1, 0.15) is 25.0 Å². The Labute approximate surface area is 176 Å². The van der Waals surface area contributed by atoms with Crippen LogP contribution in [0.5, 0.6) is 5.75 Å². The monoisotopic (exact) mass is 402 g/mol. The molecule has 3 aromatic rings. The summed E-state index contributed by atoms with van der Waals surface area (Å²) in [6.45, 7) is 2.66. The van der Waals surface area contributed by atoms with Crippen LogP contribution in [0, 0.1) is 0 Å². The molecule has 5 rings (SSSR count). The average Bonchev–Trinajstić information content (AvgIpc) is 3.11. The van der Waals surface area contributed by atoms with Crippen molar-refractivity contribution in [1.82, 2.24) is 14.7 Å². The third-order valence-corrected chi connectivity index (χ3v) is 6.25. The lowest BCUT2D eigenvalue weighted by Gasteiger charge is -2.40. The minimum absolute atomic E-state index is 0.0891. The highest BCUT2D eigenvalue weighted by molar-refractivity contribution is 6.03. The van der Waals surface area contributed by atoms with Gasteiger partial charge in [0.25, 0.3) is 0 Å². The quantitative estimate of drug-likeness (QED) is 0.667. The molecule has 2 aliphatic rings. The molecule has 2 aliphatic heterocycles. The van der Waals surface area contributed by atoms with Gasteiger partial charge < -0.3 is 4.74 Å². The van der Waals surface area contributed by atoms with Crippen LogP contribution in [-0.4, -0.2) is 39.3 Å². The Hall–Kier alpha value is -3.12. The van der Waals surface area contributed by atoms with Crippen molar-refractivity contribution < 1.29 is 9.53 Å². The lowest BCUT2D eigenvalue weighted by atomic mass is 9.87. The molecule has 0 saturated carbocycles. The van der Waals surface area contributed by atoms with Crippen LogP contribution >= 0.6 is 0 Å². The number of hydrogen-bond acceptors (Lipinski definition) is 4. The van der Waals surface area contributed by atoms with E-state index in [9.17, 15) is 4.79 Å². The van der Waals surface area contributed by atoms with Crippen LogP contribution in [0.25, 0.3) is 0 Å². The molecule has 6 heteroatoms. The fourth-order valence-electron chi connectivity index (χ4n) is 4.53. The molecular formula is C24H26N4O2. The molecule has 30 heavy (non-hydrogen) atoms. The smallest absolute Gasteiger partial charge is 0.235 e. The Balaban J connectivity index is 1.40. The number of aryl methyl sites for hydroxylation is 1. The Morgan fingerprint density at radius 3 is 2.47 bits per heavy atom. The van der Waals surface area contributed by atoms with Gasteiger partial charge in [0, 0.05) is 51.4 Å². The number of nitrogens with zero attached hydrogens (tertiary/aromatic N) is 4. The zero-order valence-corrected chi connectivity index (χ0v) is 17.2. The number of carbonyl (C=O) groups is 1. The molecule has 6 nitrogen and oxygen atoms in total. The summed E-state index contributed by atoms with van der Waals surface area (Å²) in [7, 11) is 1.98. The summed E-state index contributed by atoms with van der Waals surface area (Å²) in [6.07, 6.45) is 3.88. The number of para-hydroxylation sites is 3. The van der Waals surface area contributed by atoms with Crippen LogP contribution < -0.4 is 9.64 Å². The molecule has 1 aromatic heterocycles. The molecule has 154 valence electrons. The number of carbonyl (C=O) groups excluding carboxylic acids is 1. The summed E-state index contributed by atoms with van der Waals surface area (Å²) in [4.78, 5) is 17.7. The first-order chi connectivity index (χ1) is 14.6. The van der Waals surface area contributed by atoms with E-state index in [0.29, 0.717) is 6.42 Å². The van der Waals surface area contributed by atoms with E-state index >= 15 is 0 Å². The number of benzene rings is 2. The number of anilines is 2. The van der Waals surface area contributed by atoms with E-state index in [-0.39, 0.29) is 5.91 Å². The molecule has 1 amide bonds. The van der Waals surface area contributed by atoms with Gasteiger partial charge >= 0.3 is 0 Å². The zero-order chi connectivity index (χ0) is 20.6. The lowest BCUT2D eigenvalue weighted by molar-refractivity contribution is -0.122. The van der Waals surface area contributed by atoms with Gasteiger partial charge in [-0.1, -0.05) is 30.3 Å². The first kappa shape index (κ1) is 18.9. The predicted molar refractivity (Wildman–Crippen MR) is 116 cm³/mol. The molecule has 1 saturated heterocycles. The lowest BCUT2D eigenvalue weighted by Crippen LogP contribution is -2.49. The highest BCUT2D eigenvalue weighted by Crippen LogP contribution is 2.43. The van der Waals surface area contributed by atoms with Crippen LogP contribution in [0.2, 0.25) is 0 Å². The maximum absolute atomic E-state index is 13.5. The minimum atomic E-state index is -0.459. The molecule has 0 bridgehead atoms. The maximum Gasteiger partial charge on any atom is 0.235 e. The normalized spacial score (nSPS) is 18.7. The van der Waals surface area contributed by atoms with Crippen molar-refractivity contribution in [2.45, 2.75) is 31.4 Å². The predicted octanol–water partition coefficient (Wildman–Crippen LogP) is 3.90. The van der Waals surface area contributed by atoms with Crippen molar-refractivity contribution in [1.29, 1.82) is 0 Å². The average molecular weight is 402 g/mol. The second-order valence-corrected chi connectivity index (χ2v) is 8.22. The van der Waals surface area contributed by atoms with E-state index < -0.39 is 5.60 Å². The second kappa shape index (κ2) is 7.61. The standard InChI is InChI=1S/C24H26N4O2/c1-26-20(11-14-25-26)18-27-15-12-24(13-16-27)17-23(29)28(19-7-3-2-4-8-19)21-9-5-6-10-22(21)30-24/h2-11,14H,12-13,15-18H2,1H3. The molecule has 1 fully saturated rings. The van der Waals surface area contributed by atoms with Crippen molar-refractivity contribution in [3.63, 3.8) is 0 Å². The number of amides is 1. The summed E-state index contributed by atoms with van der Waals surface area (Å²) < 4.78 is 8.53. The maximum atomic E-state index is 13.5. The van der Waals surface area contributed by atoms with Gasteiger partial charge in [0.15, 0.2) is 0 Å². The van der Waals surface area contributed by atoms with Crippen molar-refractivity contribution in [2.24, 2.45) is 7.05 Å². The Bertz CT molecular complexity index is 1040. The Kier molecular flexibility index (Phi) is 4.79. The van der Waals surface area contributed by atoms with Crippen molar-refractivity contribution in [2.75, 3.05) is 18.0 Å². The van der Waals surface area contributed by atoms with E-state index in [4.69, 9.17) is 4.74 Å². The third-order valence-electron chi connectivity index (χ3n) is 6.25. The van der Waals surface area contributed by atoms with Gasteiger partial charge in [-0.05, 0) is 30.3 Å². The highest BCUT2D eigenvalue weighted by Gasteiger charge is 2.43. The number of ether oxygens (including phenoxy) is 1. The van der Waals surface area contributed by atoms with E-state index in [2.05, 4.69) is 16.1 Å². The van der Waals surface area contributed by atoms with E-state index in [1.807, 2.05) is 77.4 Å². The molecule has 0 N–H and O–H groups in total. The molecule has 0 unspecified atom stereocenters. The largest absolute Gasteiger partial charge is 0.484 e. The molecule has 0 atom stereocenters. The SMILES string of the molecule is Cn1nccc1CN1CCC2(CC1)CC(=O)N(c1ccccc1)c1ccccc1O2. The van der Waals surface area contributed by atoms with Crippen molar-refractivity contribution in [3.05, 3.63) is 72.6 Å². The molecular weight excluding hydrogens is 376 g/mol. The van der Waals surface area contributed by atoms with E-state index in [0.717, 1.165) is 49.6 Å². The van der Waals surface area contributed by atoms with Crippen LogP contribution in [0.15, 0.2) is 66.9 Å². The van der Waals surface area contributed by atoms with E-state index in [1.165, 1.54) is 5.69 Å². The molecule has 2 aromatic carbocycles. The number of rotatable bonds is 3. The van der Waals surface area contributed by atoms with Gasteiger partial charge in [0.05, 0.1) is 17.8 Å². The van der Waals surface area contributed by atoms with Gasteiger partial charge in [0.2, 0.25) is 5.91 Å². The summed E-state index contributed by atoms with van der Waals surface area (Å²) in [5.74, 6) is 0.874. The highest BCUT2D eigenvalue weighted by atomic mass is 16.5. The van der Waals surface area contributed by atoms with Gasteiger partial charge in [-0.2, -0.15) is 5.10 Å². The summed E-state index contributed by atoms with van der Waals surface area (Å²) in [5.41, 5.74) is 2.44. The van der Waals surface area contributed by atoms with Gasteiger partial charge in [-0.15, -0.1) is 0 Å². The summed E-state index contributed by atoms with van der Waals surface area (Å²) in [6, 6.07) is 19.8. The number of likely N-dealkylation sites (tertiary alicyclic amines) is 1. The number of fused-ring (bicyclic) bond motifs is 1. The van der Waals surface area contributed by atoms with Crippen molar-refractivity contribution >= 4 is 17.3 Å². The molecule has 3 heterocycles. The van der Waals surface area contributed by atoms with Gasteiger partial charge in [-0.3, -0.25) is 19.3 Å². The molecule has 1 spiro atoms. The number of piperidine rings is 1. The summed E-state index contributed by atoms with van der Waals surface area (Å²) in [5, 5.41) is 4.27. The van der Waals surface area contributed by atoms with Crippen LogP contribution in [0.4, 0.5) is 11.4 Å². The molecule has 0 aliphatic carbocycles. The Morgan fingerprint density at radius 2 is 1.73 bits per heavy atom. The Morgan fingerprint density at radius 1 is 1.00 bits per heavy atom. The van der Waals surface area contributed by atoms with Gasteiger partial charge in [-0.25, -0.2) is 0 Å². The summed E-state index contributed by atoms with van der Waals surface area (Å²) >= 11 is 0. The van der Waals surface area contributed by atoms with Crippen LogP contribution in [0.3, 0.4) is 0 Å². The number of hydrogen-bond donors (Lipinski definition) is 0. The van der Waals surface area contributed by atoms with Crippen molar-refractivity contribution in [3.8, 4) is 5.75 Å². The first-order valence-electron chi connectivity index (χ1n) is 10.5. The number of aromatic nitrogens is 2.